The number of non-ortho nitro benzene ring substituents is 1. The zero-order chi connectivity index (χ0) is 13.8. The number of nitro benzene ring substituents is 1. The molecule has 0 bridgehead atoms. The first-order valence-corrected chi connectivity index (χ1v) is 6.45. The van der Waals surface area contributed by atoms with E-state index in [1.807, 2.05) is 6.07 Å². The second-order valence-electron chi connectivity index (χ2n) is 4.47. The Balaban J connectivity index is 2.52. The number of nitrogens with one attached hydrogen (secondary N) is 1. The number of nitrogens with zero attached hydrogens (tertiary/aromatic N) is 2. The molecule has 0 aliphatic carbocycles. The van der Waals surface area contributed by atoms with Crippen LogP contribution < -0.4 is 5.32 Å². The van der Waals surface area contributed by atoms with Gasteiger partial charge in [0.15, 0.2) is 0 Å². The summed E-state index contributed by atoms with van der Waals surface area (Å²) >= 11 is 0. The van der Waals surface area contributed by atoms with Crippen LogP contribution >= 0.6 is 0 Å². The first-order valence-electron chi connectivity index (χ1n) is 6.45. The molecule has 0 aliphatic rings. The highest BCUT2D eigenvalue weighted by Gasteiger charge is 2.15. The Morgan fingerprint density at radius 3 is 2.63 bits per heavy atom. The van der Waals surface area contributed by atoms with Crippen LogP contribution in [0.4, 0.5) is 11.4 Å². The molecule has 2 rings (SSSR count). The van der Waals surface area contributed by atoms with Crippen molar-refractivity contribution in [3.05, 3.63) is 40.7 Å². The molecule has 0 saturated heterocycles. The molecule has 0 saturated carbocycles. The van der Waals surface area contributed by atoms with Gasteiger partial charge >= 0.3 is 0 Å². The van der Waals surface area contributed by atoms with Crippen LogP contribution in [0.25, 0.3) is 10.8 Å². The van der Waals surface area contributed by atoms with E-state index in [9.17, 15) is 10.1 Å². The highest BCUT2D eigenvalue weighted by molar-refractivity contribution is 5.99. The molecule has 5 nitrogen and oxygen atoms in total. The molecule has 1 aromatic carbocycles. The largest absolute Gasteiger partial charge is 0.382 e. The maximum absolute atomic E-state index is 11.0. The number of hydrogen-bond acceptors (Lipinski definition) is 4. The third kappa shape index (κ3) is 2.65. The van der Waals surface area contributed by atoms with Gasteiger partial charge < -0.3 is 5.32 Å². The smallest absolute Gasteiger partial charge is 0.278 e. The van der Waals surface area contributed by atoms with Crippen LogP contribution in [0.3, 0.4) is 0 Å². The van der Waals surface area contributed by atoms with E-state index in [0.29, 0.717) is 11.4 Å². The number of hydrogen-bond donors (Lipinski definition) is 1. The van der Waals surface area contributed by atoms with Crippen molar-refractivity contribution in [2.75, 3.05) is 5.32 Å². The predicted octanol–water partition coefficient (Wildman–Crippen LogP) is 3.74. The van der Waals surface area contributed by atoms with Crippen molar-refractivity contribution in [3.63, 3.8) is 0 Å². The van der Waals surface area contributed by atoms with Gasteiger partial charge in [-0.1, -0.05) is 13.8 Å². The van der Waals surface area contributed by atoms with Gasteiger partial charge in [-0.15, -0.1) is 0 Å². The van der Waals surface area contributed by atoms with Crippen LogP contribution in [-0.2, 0) is 0 Å². The van der Waals surface area contributed by atoms with Gasteiger partial charge in [0.05, 0.1) is 10.3 Å². The lowest BCUT2D eigenvalue weighted by molar-refractivity contribution is -0.383. The lowest BCUT2D eigenvalue weighted by atomic mass is 10.1. The van der Waals surface area contributed by atoms with E-state index in [2.05, 4.69) is 24.1 Å². The minimum Gasteiger partial charge on any atom is -0.382 e. The third-order valence-corrected chi connectivity index (χ3v) is 3.34. The highest BCUT2D eigenvalue weighted by atomic mass is 16.6. The van der Waals surface area contributed by atoms with Gasteiger partial charge in [0, 0.05) is 35.6 Å². The molecule has 0 fully saturated rings. The van der Waals surface area contributed by atoms with Gasteiger partial charge in [0.1, 0.15) is 0 Å². The monoisotopic (exact) mass is 259 g/mol. The Morgan fingerprint density at radius 2 is 2.00 bits per heavy atom. The highest BCUT2D eigenvalue weighted by Crippen LogP contribution is 2.31. The number of benzene rings is 1. The van der Waals surface area contributed by atoms with Crippen LogP contribution in [0.5, 0.6) is 0 Å². The first-order chi connectivity index (χ1) is 9.17. The van der Waals surface area contributed by atoms with E-state index < -0.39 is 0 Å². The van der Waals surface area contributed by atoms with E-state index in [-0.39, 0.29) is 10.6 Å². The zero-order valence-corrected chi connectivity index (χ0v) is 11.1. The van der Waals surface area contributed by atoms with Crippen LogP contribution in [0.2, 0.25) is 0 Å². The van der Waals surface area contributed by atoms with Crippen molar-refractivity contribution in [2.24, 2.45) is 0 Å². The number of anilines is 1. The minimum absolute atomic E-state index is 0.0956. The van der Waals surface area contributed by atoms with E-state index in [1.165, 1.54) is 6.07 Å². The van der Waals surface area contributed by atoms with Crippen LogP contribution in [0.15, 0.2) is 30.6 Å². The fourth-order valence-electron chi connectivity index (χ4n) is 2.17. The molecular weight excluding hydrogens is 242 g/mol. The molecule has 0 spiro atoms. The Kier molecular flexibility index (Phi) is 3.94. The number of rotatable bonds is 5. The summed E-state index contributed by atoms with van der Waals surface area (Å²) in [5.41, 5.74) is 1.02. The molecule has 0 unspecified atom stereocenters. The average Bonchev–Trinajstić information content (AvgIpc) is 2.44. The lowest BCUT2D eigenvalue weighted by Crippen LogP contribution is -2.17. The molecule has 5 heteroatoms. The van der Waals surface area contributed by atoms with Gasteiger partial charge in [-0.25, -0.2) is 0 Å². The quantitative estimate of drug-likeness (QED) is 0.656. The van der Waals surface area contributed by atoms with Crippen molar-refractivity contribution >= 4 is 22.1 Å². The van der Waals surface area contributed by atoms with Crippen molar-refractivity contribution in [1.29, 1.82) is 0 Å². The van der Waals surface area contributed by atoms with E-state index in [1.54, 1.807) is 18.5 Å². The van der Waals surface area contributed by atoms with Crippen molar-refractivity contribution < 1.29 is 4.92 Å². The normalized spacial score (nSPS) is 10.9. The summed E-state index contributed by atoms with van der Waals surface area (Å²) < 4.78 is 0. The molecule has 0 aliphatic heterocycles. The molecule has 1 aromatic heterocycles. The third-order valence-electron chi connectivity index (χ3n) is 3.34. The van der Waals surface area contributed by atoms with Gasteiger partial charge in [0.25, 0.3) is 5.69 Å². The van der Waals surface area contributed by atoms with Crippen LogP contribution in [-0.4, -0.2) is 15.9 Å². The van der Waals surface area contributed by atoms with Gasteiger partial charge in [0.2, 0.25) is 0 Å². The van der Waals surface area contributed by atoms with Gasteiger partial charge in [-0.3, -0.25) is 15.1 Å². The molecule has 0 radical (unpaired) electrons. The Hall–Kier alpha value is -2.17. The van der Waals surface area contributed by atoms with Crippen molar-refractivity contribution in [2.45, 2.75) is 32.7 Å². The predicted molar refractivity (Wildman–Crippen MR) is 76.4 cm³/mol. The van der Waals surface area contributed by atoms with Gasteiger partial charge in [-0.05, 0) is 25.0 Å². The van der Waals surface area contributed by atoms with E-state index >= 15 is 0 Å². The summed E-state index contributed by atoms with van der Waals surface area (Å²) in [5, 5.41) is 15.9. The Morgan fingerprint density at radius 1 is 1.26 bits per heavy atom. The summed E-state index contributed by atoms with van der Waals surface area (Å²) in [4.78, 5) is 14.6. The van der Waals surface area contributed by atoms with E-state index in [0.717, 1.165) is 23.9 Å². The molecule has 0 atom stereocenters. The maximum Gasteiger partial charge on any atom is 0.278 e. The Bertz CT molecular complexity index is 594. The fraction of sp³-hybridized carbons (Fsp3) is 0.357. The lowest BCUT2D eigenvalue weighted by Gasteiger charge is -2.17. The molecule has 100 valence electrons. The maximum atomic E-state index is 11.0. The second kappa shape index (κ2) is 5.65. The number of aromatic nitrogens is 1. The van der Waals surface area contributed by atoms with Crippen molar-refractivity contribution in [3.8, 4) is 0 Å². The molecule has 0 amide bonds. The zero-order valence-electron chi connectivity index (χ0n) is 11.1. The topological polar surface area (TPSA) is 68.1 Å². The number of nitro groups is 1. The van der Waals surface area contributed by atoms with Crippen LogP contribution in [0.1, 0.15) is 26.7 Å². The average molecular weight is 259 g/mol. The SMILES string of the molecule is CCC(CC)Nc1ccc([N+](=O)[O-])c2cnccc12. The summed E-state index contributed by atoms with van der Waals surface area (Å²) in [5.74, 6) is 0. The summed E-state index contributed by atoms with van der Waals surface area (Å²) in [7, 11) is 0. The summed E-state index contributed by atoms with van der Waals surface area (Å²) in [6, 6.07) is 5.50. The molecule has 1 N–H and O–H groups in total. The Labute approximate surface area is 111 Å². The van der Waals surface area contributed by atoms with Crippen molar-refractivity contribution in [1.82, 2.24) is 4.98 Å². The minimum atomic E-state index is -0.370. The molecule has 2 aromatic rings. The summed E-state index contributed by atoms with van der Waals surface area (Å²) in [6.07, 6.45) is 5.23. The second-order valence-corrected chi connectivity index (χ2v) is 4.47. The molecular formula is C14H17N3O2. The van der Waals surface area contributed by atoms with Gasteiger partial charge in [-0.2, -0.15) is 0 Å². The standard InChI is InChI=1S/C14H17N3O2/c1-3-10(4-2)16-13-5-6-14(17(18)19)12-9-15-8-7-11(12)13/h5-10,16H,3-4H2,1-2H3. The fourth-order valence-corrected chi connectivity index (χ4v) is 2.17. The molecule has 19 heavy (non-hydrogen) atoms. The molecule has 1 heterocycles. The number of pyridine rings is 1. The summed E-state index contributed by atoms with van der Waals surface area (Å²) in [6.45, 7) is 4.24. The van der Waals surface area contributed by atoms with Crippen LogP contribution in [0, 0.1) is 10.1 Å². The van der Waals surface area contributed by atoms with E-state index in [4.69, 9.17) is 0 Å². The number of fused-ring (bicyclic) bond motifs is 1. The first kappa shape index (κ1) is 13.3.